The third-order valence-corrected chi connectivity index (χ3v) is 7.52. The highest BCUT2D eigenvalue weighted by atomic mass is 127. The van der Waals surface area contributed by atoms with E-state index < -0.39 is 0 Å². The van der Waals surface area contributed by atoms with Crippen molar-refractivity contribution in [1.29, 1.82) is 0 Å². The van der Waals surface area contributed by atoms with Gasteiger partial charge in [-0.15, -0.1) is 24.0 Å². The summed E-state index contributed by atoms with van der Waals surface area (Å²) in [5.74, 6) is 0. The molecule has 0 amide bonds. The fourth-order valence-corrected chi connectivity index (χ4v) is 5.09. The lowest BCUT2D eigenvalue weighted by atomic mass is 10.3. The Kier molecular flexibility index (Phi) is 22.6. The lowest BCUT2D eigenvalue weighted by molar-refractivity contribution is -0.922. The van der Waals surface area contributed by atoms with Gasteiger partial charge >= 0.3 is 0 Å². The van der Waals surface area contributed by atoms with Crippen LogP contribution in [0, 0.1) is 0 Å². The Balaban J connectivity index is 0.000000606. The number of benzene rings is 2. The average Bonchev–Trinajstić information content (AvgIpc) is 3.35. The number of quaternary nitrogens is 1. The summed E-state index contributed by atoms with van der Waals surface area (Å²) in [6, 6.07) is 21.6. The second-order valence-electron chi connectivity index (χ2n) is 10.6. The van der Waals surface area contributed by atoms with Crippen molar-refractivity contribution in [2.45, 2.75) is 74.1 Å². The SMILES string of the molecule is CCC.CCC.CCN1CCCN(c2ccccc2)CC1.CC[N+]1(CC)CCCN(c2ccccc2)CC1.I. The monoisotopic (exact) mass is 653 g/mol. The Labute approximate surface area is 260 Å². The highest BCUT2D eigenvalue weighted by Gasteiger charge is 2.27. The van der Waals surface area contributed by atoms with Crippen LogP contribution in [0.1, 0.15) is 74.1 Å². The van der Waals surface area contributed by atoms with Gasteiger partial charge in [0.25, 0.3) is 0 Å². The van der Waals surface area contributed by atoms with E-state index in [0.29, 0.717) is 0 Å². The fraction of sp³-hybridized carbons (Fsp3) is 0.647. The van der Waals surface area contributed by atoms with E-state index in [0.717, 1.165) is 6.54 Å². The van der Waals surface area contributed by atoms with Crippen molar-refractivity contribution in [3.8, 4) is 0 Å². The van der Waals surface area contributed by atoms with Gasteiger partial charge in [0.1, 0.15) is 0 Å². The molecule has 0 N–H and O–H groups in total. The molecule has 0 unspecified atom stereocenters. The van der Waals surface area contributed by atoms with Crippen LogP contribution in [0.25, 0.3) is 0 Å². The van der Waals surface area contributed by atoms with Crippen molar-refractivity contribution < 1.29 is 4.48 Å². The van der Waals surface area contributed by atoms with E-state index in [9.17, 15) is 0 Å². The third-order valence-electron chi connectivity index (χ3n) is 7.52. The standard InChI is InChI=1S/C15H25N2.C13H20N2.2C3H8.HI/c1-3-17(4-2)13-8-11-16(12-14-17)15-9-6-5-7-10-15;1-2-14-9-6-10-15(12-11-14)13-7-4-3-5-8-13;2*1-3-2;/h5-7,9-10H,3-4,8,11-14H2,1-2H3;3-5,7-8H,2,6,9-12H2,1H3;2*3H2,1-2H3;1H/q+1;;;;. The van der Waals surface area contributed by atoms with Crippen molar-refractivity contribution in [2.75, 3.05) is 81.8 Å². The highest BCUT2D eigenvalue weighted by molar-refractivity contribution is 14.0. The predicted molar refractivity (Wildman–Crippen MR) is 187 cm³/mol. The Morgan fingerprint density at radius 2 is 1.00 bits per heavy atom. The van der Waals surface area contributed by atoms with E-state index >= 15 is 0 Å². The van der Waals surface area contributed by atoms with Crippen LogP contribution in [-0.4, -0.2) is 81.4 Å². The van der Waals surface area contributed by atoms with Crippen LogP contribution in [0.3, 0.4) is 0 Å². The summed E-state index contributed by atoms with van der Waals surface area (Å²) in [6.45, 7) is 29.0. The maximum Gasteiger partial charge on any atom is 0.0964 e. The summed E-state index contributed by atoms with van der Waals surface area (Å²) in [6.07, 6.45) is 5.10. The first kappa shape index (κ1) is 37.7. The third kappa shape index (κ3) is 14.8. The number of hydrogen-bond acceptors (Lipinski definition) is 3. The van der Waals surface area contributed by atoms with E-state index in [2.05, 4.69) is 124 Å². The Hall–Kier alpha value is -1.31. The van der Waals surface area contributed by atoms with Crippen LogP contribution >= 0.6 is 24.0 Å². The molecule has 0 radical (unpaired) electrons. The first-order chi connectivity index (χ1) is 18.5. The summed E-state index contributed by atoms with van der Waals surface area (Å²) in [5, 5.41) is 0. The second-order valence-corrected chi connectivity index (χ2v) is 10.6. The molecule has 0 aliphatic carbocycles. The van der Waals surface area contributed by atoms with Crippen LogP contribution in [0.5, 0.6) is 0 Å². The molecule has 2 saturated heterocycles. The Morgan fingerprint density at radius 3 is 1.46 bits per heavy atom. The van der Waals surface area contributed by atoms with E-state index in [1.165, 1.54) is 107 Å². The number of anilines is 2. The van der Waals surface area contributed by atoms with Crippen molar-refractivity contribution in [3.05, 3.63) is 60.7 Å². The number of para-hydroxylation sites is 2. The molecule has 4 rings (SSSR count). The first-order valence-corrected chi connectivity index (χ1v) is 15.7. The molecule has 0 aromatic heterocycles. The van der Waals surface area contributed by atoms with E-state index in [1.54, 1.807) is 0 Å². The molecule has 0 atom stereocenters. The van der Waals surface area contributed by atoms with Gasteiger partial charge in [-0.25, -0.2) is 0 Å². The Morgan fingerprint density at radius 1 is 0.538 bits per heavy atom. The molecule has 0 spiro atoms. The maximum absolute atomic E-state index is 2.55. The number of nitrogens with zero attached hydrogens (tertiary/aromatic N) is 4. The van der Waals surface area contributed by atoms with Gasteiger partial charge in [-0.05, 0) is 57.6 Å². The largest absolute Gasteiger partial charge is 0.370 e. The molecule has 0 bridgehead atoms. The molecule has 39 heavy (non-hydrogen) atoms. The molecule has 5 heteroatoms. The zero-order valence-electron chi connectivity index (χ0n) is 26.6. The molecule has 2 aliphatic heterocycles. The molecule has 2 aromatic rings. The minimum atomic E-state index is 0. The highest BCUT2D eigenvalue weighted by Crippen LogP contribution is 2.19. The van der Waals surface area contributed by atoms with Crippen molar-refractivity contribution in [1.82, 2.24) is 4.90 Å². The molecule has 0 saturated carbocycles. The minimum Gasteiger partial charge on any atom is -0.370 e. The van der Waals surface area contributed by atoms with Gasteiger partial charge in [0.2, 0.25) is 0 Å². The van der Waals surface area contributed by atoms with E-state index in [-0.39, 0.29) is 24.0 Å². The number of likely N-dealkylation sites (N-methyl/N-ethyl adjacent to an activating group) is 2. The number of rotatable bonds is 5. The quantitative estimate of drug-likeness (QED) is 0.237. The molecule has 2 aromatic carbocycles. The van der Waals surface area contributed by atoms with Gasteiger partial charge in [-0.1, -0.05) is 83.9 Å². The molecule has 2 heterocycles. The van der Waals surface area contributed by atoms with E-state index in [1.807, 2.05) is 0 Å². The summed E-state index contributed by atoms with van der Waals surface area (Å²) < 4.78 is 1.29. The van der Waals surface area contributed by atoms with Crippen LogP contribution in [0.4, 0.5) is 11.4 Å². The van der Waals surface area contributed by atoms with Crippen molar-refractivity contribution in [3.63, 3.8) is 0 Å². The topological polar surface area (TPSA) is 9.72 Å². The fourth-order valence-electron chi connectivity index (χ4n) is 5.09. The maximum atomic E-state index is 2.55. The summed E-state index contributed by atoms with van der Waals surface area (Å²) in [7, 11) is 0. The van der Waals surface area contributed by atoms with Crippen LogP contribution < -0.4 is 9.80 Å². The second kappa shape index (κ2) is 23.4. The van der Waals surface area contributed by atoms with Gasteiger partial charge in [-0.3, -0.25) is 0 Å². The van der Waals surface area contributed by atoms with Gasteiger partial charge < -0.3 is 19.2 Å². The molecule has 4 nitrogen and oxygen atoms in total. The molecular weight excluding hydrogens is 591 g/mol. The average molecular weight is 654 g/mol. The van der Waals surface area contributed by atoms with Gasteiger partial charge in [0.05, 0.1) is 32.7 Å². The van der Waals surface area contributed by atoms with Gasteiger partial charge in [-0.2, -0.15) is 0 Å². The van der Waals surface area contributed by atoms with Crippen LogP contribution in [0.15, 0.2) is 60.7 Å². The zero-order chi connectivity index (χ0) is 28.1. The first-order valence-electron chi connectivity index (χ1n) is 15.7. The molecule has 224 valence electrons. The summed E-state index contributed by atoms with van der Waals surface area (Å²) in [5.41, 5.74) is 2.76. The zero-order valence-corrected chi connectivity index (χ0v) is 28.9. The normalized spacial score (nSPS) is 16.9. The van der Waals surface area contributed by atoms with Crippen molar-refractivity contribution >= 4 is 35.4 Å². The van der Waals surface area contributed by atoms with E-state index in [4.69, 9.17) is 0 Å². The molecule has 2 fully saturated rings. The lowest BCUT2D eigenvalue weighted by Crippen LogP contribution is -2.50. The molecule has 2 aliphatic rings. The number of halogens is 1. The van der Waals surface area contributed by atoms with Gasteiger partial charge in [0, 0.05) is 44.0 Å². The number of hydrogen-bond donors (Lipinski definition) is 0. The Bertz CT molecular complexity index is 780. The van der Waals surface area contributed by atoms with Crippen molar-refractivity contribution in [2.24, 2.45) is 0 Å². The van der Waals surface area contributed by atoms with Crippen LogP contribution in [0.2, 0.25) is 0 Å². The summed E-state index contributed by atoms with van der Waals surface area (Å²) in [4.78, 5) is 7.57. The van der Waals surface area contributed by atoms with Gasteiger partial charge in [0.15, 0.2) is 0 Å². The smallest absolute Gasteiger partial charge is 0.0964 e. The lowest BCUT2D eigenvalue weighted by Gasteiger charge is -2.35. The summed E-state index contributed by atoms with van der Waals surface area (Å²) >= 11 is 0. The predicted octanol–water partition coefficient (Wildman–Crippen LogP) is 8.42. The van der Waals surface area contributed by atoms with Crippen LogP contribution in [-0.2, 0) is 0 Å². The molecular formula is C34H62IN4+. The minimum absolute atomic E-state index is 0.